The zero-order valence-electron chi connectivity index (χ0n) is 23.8. The molecule has 0 atom stereocenters. The molecule has 0 aliphatic carbocycles. The molecular formula is C33H37NO7S. The highest BCUT2D eigenvalue weighted by molar-refractivity contribution is 7.22. The van der Waals surface area contributed by atoms with Crippen LogP contribution >= 0.6 is 11.3 Å². The van der Waals surface area contributed by atoms with Crippen LogP contribution in [0.5, 0.6) is 11.5 Å². The molecule has 1 aliphatic rings. The number of ether oxygens (including phenoxy) is 2. The van der Waals surface area contributed by atoms with E-state index in [1.807, 2.05) is 11.3 Å². The highest BCUT2D eigenvalue weighted by Gasteiger charge is 2.17. The van der Waals surface area contributed by atoms with E-state index >= 15 is 0 Å². The fraction of sp³-hybridized carbons (Fsp3) is 0.333. The molecule has 0 spiro atoms. The number of benzene rings is 3. The molecule has 9 heteroatoms. The third-order valence-electron chi connectivity index (χ3n) is 7.14. The number of carboxylic acids is 2. The third kappa shape index (κ3) is 8.31. The summed E-state index contributed by atoms with van der Waals surface area (Å²) in [6.45, 7) is 4.17. The third-order valence-corrected chi connectivity index (χ3v) is 8.41. The van der Waals surface area contributed by atoms with E-state index in [0.717, 1.165) is 37.3 Å². The summed E-state index contributed by atoms with van der Waals surface area (Å²) >= 11 is 1.85. The average Bonchev–Trinajstić information content (AvgIpc) is 3.65. The van der Waals surface area contributed by atoms with E-state index in [1.165, 1.54) is 63.1 Å². The van der Waals surface area contributed by atoms with Crippen molar-refractivity contribution in [2.24, 2.45) is 0 Å². The Morgan fingerprint density at radius 3 is 2.31 bits per heavy atom. The molecule has 1 aliphatic heterocycles. The van der Waals surface area contributed by atoms with Gasteiger partial charge in [0.25, 0.3) is 0 Å². The predicted octanol–water partition coefficient (Wildman–Crippen LogP) is 6.07. The Hall–Kier alpha value is -3.92. The van der Waals surface area contributed by atoms with Gasteiger partial charge in [-0.3, -0.25) is 4.90 Å². The first-order chi connectivity index (χ1) is 20.4. The second-order valence-electron chi connectivity index (χ2n) is 10.1. The molecule has 3 aromatic carbocycles. The number of methoxy groups -OCH3 is 1. The number of unbranched alkanes of at least 4 members (excludes halogenated alkanes) is 1. The van der Waals surface area contributed by atoms with Gasteiger partial charge in [0.05, 0.1) is 13.7 Å². The summed E-state index contributed by atoms with van der Waals surface area (Å²) in [7, 11) is 1.78. The lowest BCUT2D eigenvalue weighted by Crippen LogP contribution is -2.18. The molecule has 5 rings (SSSR count). The Kier molecular flexibility index (Phi) is 11.3. The number of nitrogens with zero attached hydrogens (tertiary/aromatic N) is 1. The van der Waals surface area contributed by atoms with Crippen molar-refractivity contribution in [1.29, 1.82) is 0 Å². The second kappa shape index (κ2) is 15.3. The molecule has 0 bridgehead atoms. The Balaban J connectivity index is 0.000000612. The first-order valence-electron chi connectivity index (χ1n) is 14.1. The number of rotatable bonds is 11. The topological polar surface area (TPSA) is 117 Å². The van der Waals surface area contributed by atoms with E-state index in [-0.39, 0.29) is 6.61 Å². The lowest BCUT2D eigenvalue weighted by atomic mass is 9.97. The van der Waals surface area contributed by atoms with E-state index in [1.54, 1.807) is 7.11 Å². The summed E-state index contributed by atoms with van der Waals surface area (Å²) in [6.07, 6.45) is 5.09. The van der Waals surface area contributed by atoms with Crippen molar-refractivity contribution in [2.45, 2.75) is 38.6 Å². The van der Waals surface area contributed by atoms with Gasteiger partial charge in [0.1, 0.15) is 11.5 Å². The molecule has 222 valence electrons. The van der Waals surface area contributed by atoms with Crippen LogP contribution in [0.4, 0.5) is 0 Å². The minimum atomic E-state index is -1.82. The summed E-state index contributed by atoms with van der Waals surface area (Å²) in [4.78, 5) is 22.0. The predicted molar refractivity (Wildman–Crippen MR) is 165 cm³/mol. The monoisotopic (exact) mass is 591 g/mol. The molecule has 1 aromatic heterocycles. The molecule has 0 amide bonds. The quantitative estimate of drug-likeness (QED) is 0.142. The van der Waals surface area contributed by atoms with Gasteiger partial charge in [0, 0.05) is 28.3 Å². The minimum Gasteiger partial charge on any atom is -0.496 e. The molecule has 3 N–H and O–H groups in total. The van der Waals surface area contributed by atoms with Gasteiger partial charge in [0.15, 0.2) is 0 Å². The molecule has 8 nitrogen and oxygen atoms in total. The zero-order valence-corrected chi connectivity index (χ0v) is 24.6. The first kappa shape index (κ1) is 31.0. The lowest BCUT2D eigenvalue weighted by Gasteiger charge is -2.18. The van der Waals surface area contributed by atoms with Crippen LogP contribution in [0.25, 0.3) is 20.5 Å². The maximum atomic E-state index is 9.10. The van der Waals surface area contributed by atoms with Crippen molar-refractivity contribution in [3.8, 4) is 21.9 Å². The van der Waals surface area contributed by atoms with Crippen molar-refractivity contribution in [3.05, 3.63) is 83.4 Å². The molecule has 2 heterocycles. The number of fused-ring (bicyclic) bond motifs is 1. The summed E-state index contributed by atoms with van der Waals surface area (Å²) in [5.74, 6) is -1.79. The molecular weight excluding hydrogens is 554 g/mol. The van der Waals surface area contributed by atoms with Gasteiger partial charge in [-0.15, -0.1) is 11.3 Å². The van der Waals surface area contributed by atoms with Gasteiger partial charge in [0.2, 0.25) is 0 Å². The molecule has 0 unspecified atom stereocenters. The fourth-order valence-corrected chi connectivity index (χ4v) is 6.26. The minimum absolute atomic E-state index is 0.212. The van der Waals surface area contributed by atoms with Crippen LogP contribution in [0.1, 0.15) is 42.4 Å². The Labute approximate surface area is 249 Å². The van der Waals surface area contributed by atoms with Crippen LogP contribution in [-0.4, -0.2) is 65.6 Å². The second-order valence-corrected chi connectivity index (χ2v) is 11.2. The summed E-state index contributed by atoms with van der Waals surface area (Å²) < 4.78 is 13.0. The average molecular weight is 592 g/mol. The molecule has 1 fully saturated rings. The normalized spacial score (nSPS) is 13.0. The highest BCUT2D eigenvalue weighted by atomic mass is 32.1. The van der Waals surface area contributed by atoms with Crippen LogP contribution in [0, 0.1) is 0 Å². The summed E-state index contributed by atoms with van der Waals surface area (Å²) in [6, 6.07) is 23.9. The first-order valence-corrected chi connectivity index (χ1v) is 14.9. The highest BCUT2D eigenvalue weighted by Crippen LogP contribution is 2.40. The Morgan fingerprint density at radius 2 is 1.64 bits per heavy atom. The summed E-state index contributed by atoms with van der Waals surface area (Å²) in [5, 5.41) is 25.1. The van der Waals surface area contributed by atoms with Crippen molar-refractivity contribution >= 4 is 33.4 Å². The number of carbonyl (C=O) groups is 2. The Morgan fingerprint density at radius 1 is 0.929 bits per heavy atom. The zero-order chi connectivity index (χ0) is 29.9. The SMILES string of the molecule is COc1cc(Cc2c(-c3ccc(OCCCCO)cc3)sc3ccccc23)ccc1CN1CCCC1.O=C(O)C(=O)O. The number of carboxylic acid groups (broad SMARTS) is 2. The van der Waals surface area contributed by atoms with E-state index in [4.69, 9.17) is 34.4 Å². The van der Waals surface area contributed by atoms with Crippen molar-refractivity contribution in [1.82, 2.24) is 4.90 Å². The van der Waals surface area contributed by atoms with Crippen molar-refractivity contribution in [3.63, 3.8) is 0 Å². The molecule has 4 aromatic rings. The standard InChI is InChI=1S/C31H35NO3S.C2H2O4/c1-34-29-21-23(10-11-25(29)22-32-16-4-5-17-32)20-28-27-8-2-3-9-30(27)36-31(28)24-12-14-26(15-13-24)35-19-7-6-18-33;3-1(4)2(5)6/h2-3,8-15,21,33H,4-7,16-20,22H2,1H3;(H,3,4)(H,5,6). The van der Waals surface area contributed by atoms with Crippen molar-refractivity contribution < 1.29 is 34.4 Å². The van der Waals surface area contributed by atoms with Crippen LogP contribution in [0.15, 0.2) is 66.7 Å². The number of thiophene rings is 1. The maximum Gasteiger partial charge on any atom is 0.414 e. The van der Waals surface area contributed by atoms with E-state index in [0.29, 0.717) is 6.61 Å². The van der Waals surface area contributed by atoms with Gasteiger partial charge in [-0.25, -0.2) is 9.59 Å². The summed E-state index contributed by atoms with van der Waals surface area (Å²) in [5.41, 5.74) is 5.12. The van der Waals surface area contributed by atoms with E-state index < -0.39 is 11.9 Å². The van der Waals surface area contributed by atoms with Gasteiger partial charge >= 0.3 is 11.9 Å². The number of likely N-dealkylation sites (tertiary alicyclic amines) is 1. The number of hydrogen-bond acceptors (Lipinski definition) is 7. The van der Waals surface area contributed by atoms with E-state index in [2.05, 4.69) is 71.6 Å². The fourth-order valence-electron chi connectivity index (χ4n) is 5.03. The molecule has 42 heavy (non-hydrogen) atoms. The van der Waals surface area contributed by atoms with Gasteiger partial charge in [-0.1, -0.05) is 30.3 Å². The Bertz CT molecular complexity index is 1460. The lowest BCUT2D eigenvalue weighted by molar-refractivity contribution is -0.159. The number of hydrogen-bond donors (Lipinski definition) is 3. The molecule has 0 radical (unpaired) electrons. The number of aliphatic carboxylic acids is 2. The van der Waals surface area contributed by atoms with Crippen LogP contribution < -0.4 is 9.47 Å². The largest absolute Gasteiger partial charge is 0.496 e. The number of aliphatic hydroxyl groups excluding tert-OH is 1. The van der Waals surface area contributed by atoms with Crippen LogP contribution in [-0.2, 0) is 22.6 Å². The van der Waals surface area contributed by atoms with Crippen molar-refractivity contribution in [2.75, 3.05) is 33.4 Å². The van der Waals surface area contributed by atoms with Gasteiger partial charge in [-0.2, -0.15) is 0 Å². The van der Waals surface area contributed by atoms with Gasteiger partial charge < -0.3 is 24.8 Å². The molecule has 0 saturated carbocycles. The van der Waals surface area contributed by atoms with Crippen LogP contribution in [0.3, 0.4) is 0 Å². The molecule has 1 saturated heterocycles. The smallest absolute Gasteiger partial charge is 0.414 e. The number of aliphatic hydroxyl groups is 1. The van der Waals surface area contributed by atoms with Gasteiger partial charge in [-0.05, 0) is 104 Å². The van der Waals surface area contributed by atoms with E-state index in [9.17, 15) is 0 Å². The van der Waals surface area contributed by atoms with Crippen LogP contribution in [0.2, 0.25) is 0 Å². The maximum absolute atomic E-state index is 9.10.